The predicted octanol–water partition coefficient (Wildman–Crippen LogP) is 4.16. The van der Waals surface area contributed by atoms with Crippen molar-refractivity contribution in [2.75, 3.05) is 38.2 Å². The van der Waals surface area contributed by atoms with Gasteiger partial charge >= 0.3 is 0 Å². The Morgan fingerprint density at radius 3 is 2.19 bits per heavy atom. The van der Waals surface area contributed by atoms with Gasteiger partial charge in [-0.15, -0.1) is 0 Å². The molecular weight excluding hydrogens is 419 g/mol. The zero-order chi connectivity index (χ0) is 22.6. The van der Waals surface area contributed by atoms with Crippen molar-refractivity contribution in [1.82, 2.24) is 4.90 Å². The fourth-order valence-corrected chi connectivity index (χ4v) is 5.78. The van der Waals surface area contributed by atoms with Gasteiger partial charge in [-0.3, -0.25) is 4.31 Å². The zero-order valence-corrected chi connectivity index (χ0v) is 19.4. The molecule has 0 unspecified atom stereocenters. The molecule has 2 aromatic carbocycles. The van der Waals surface area contributed by atoms with E-state index in [1.54, 1.807) is 18.2 Å². The quantitative estimate of drug-likeness (QED) is 0.605. The van der Waals surface area contributed by atoms with Gasteiger partial charge in [0.05, 0.1) is 24.8 Å². The molecule has 0 N–H and O–H groups in total. The number of sulfonamides is 1. The lowest BCUT2D eigenvalue weighted by Crippen LogP contribution is -2.48. The molecule has 2 aromatic rings. The summed E-state index contributed by atoms with van der Waals surface area (Å²) in [6.07, 6.45) is 1.42. The Balaban J connectivity index is 2.00. The molecule has 0 aromatic heterocycles. The number of nitrogens with zero attached hydrogens (tertiary/aromatic N) is 2. The van der Waals surface area contributed by atoms with Gasteiger partial charge in [0.2, 0.25) is 0 Å². The number of ether oxygens (including phenoxy) is 2. The normalized spacial score (nSPS) is 15.8. The Hall–Kier alpha value is -2.32. The van der Waals surface area contributed by atoms with Gasteiger partial charge in [-0.2, -0.15) is 0 Å². The Kier molecular flexibility index (Phi) is 7.43. The van der Waals surface area contributed by atoms with Crippen molar-refractivity contribution in [1.29, 1.82) is 0 Å². The van der Waals surface area contributed by atoms with Gasteiger partial charge in [0.1, 0.15) is 5.82 Å². The summed E-state index contributed by atoms with van der Waals surface area (Å²) in [4.78, 5) is 2.44. The third-order valence-corrected chi connectivity index (χ3v) is 7.40. The molecule has 8 heteroatoms. The van der Waals surface area contributed by atoms with E-state index in [1.807, 2.05) is 0 Å². The lowest BCUT2D eigenvalue weighted by Gasteiger charge is -2.39. The fraction of sp³-hybridized carbons (Fsp3) is 0.478. The van der Waals surface area contributed by atoms with Crippen molar-refractivity contribution in [2.24, 2.45) is 5.92 Å². The second kappa shape index (κ2) is 9.87. The molecule has 1 saturated heterocycles. The smallest absolute Gasteiger partial charge is 0.264 e. The Labute approximate surface area is 184 Å². The number of rotatable bonds is 8. The first-order valence-electron chi connectivity index (χ1n) is 10.5. The van der Waals surface area contributed by atoms with E-state index >= 15 is 0 Å². The molecule has 0 amide bonds. The van der Waals surface area contributed by atoms with Crippen molar-refractivity contribution in [3.8, 4) is 11.5 Å². The number of piperidine rings is 1. The van der Waals surface area contributed by atoms with Gasteiger partial charge in [0.15, 0.2) is 11.5 Å². The third kappa shape index (κ3) is 5.30. The number of halogens is 1. The second-order valence-corrected chi connectivity index (χ2v) is 10.0. The number of likely N-dealkylation sites (tertiary alicyclic amines) is 1. The van der Waals surface area contributed by atoms with Gasteiger partial charge in [-0.1, -0.05) is 13.8 Å². The first-order chi connectivity index (χ1) is 14.8. The van der Waals surface area contributed by atoms with E-state index in [0.717, 1.165) is 19.6 Å². The van der Waals surface area contributed by atoms with E-state index < -0.39 is 15.8 Å². The molecule has 3 rings (SSSR count). The van der Waals surface area contributed by atoms with Crippen molar-refractivity contribution in [2.45, 2.75) is 37.6 Å². The maximum atomic E-state index is 13.7. The molecule has 0 spiro atoms. The molecule has 1 heterocycles. The molecule has 1 aliphatic heterocycles. The summed E-state index contributed by atoms with van der Waals surface area (Å²) in [7, 11) is -0.848. The summed E-state index contributed by atoms with van der Waals surface area (Å²) in [6, 6.07) is 9.86. The van der Waals surface area contributed by atoms with Crippen molar-refractivity contribution >= 4 is 15.7 Å². The molecule has 0 saturated carbocycles. The largest absolute Gasteiger partial charge is 0.493 e. The highest BCUT2D eigenvalue weighted by Gasteiger charge is 2.34. The molecule has 1 aliphatic rings. The van der Waals surface area contributed by atoms with Crippen LogP contribution < -0.4 is 13.8 Å². The van der Waals surface area contributed by atoms with Gasteiger partial charge in [0.25, 0.3) is 10.0 Å². The molecule has 0 radical (unpaired) electrons. The van der Waals surface area contributed by atoms with E-state index in [0.29, 0.717) is 35.9 Å². The molecular formula is C23H31FN2O4S. The fourth-order valence-electron chi connectivity index (χ4n) is 4.08. The van der Waals surface area contributed by atoms with Crippen LogP contribution in [-0.4, -0.2) is 53.2 Å². The molecule has 1 fully saturated rings. The van der Waals surface area contributed by atoms with Crippen LogP contribution in [0.2, 0.25) is 0 Å². The van der Waals surface area contributed by atoms with Crippen LogP contribution in [0, 0.1) is 11.7 Å². The average Bonchev–Trinajstić information content (AvgIpc) is 2.74. The van der Waals surface area contributed by atoms with Crippen LogP contribution in [0.3, 0.4) is 0 Å². The van der Waals surface area contributed by atoms with Gasteiger partial charge in [0, 0.05) is 31.7 Å². The van der Waals surface area contributed by atoms with Gasteiger partial charge < -0.3 is 14.4 Å². The van der Waals surface area contributed by atoms with Crippen LogP contribution in [0.1, 0.15) is 26.7 Å². The molecule has 31 heavy (non-hydrogen) atoms. The van der Waals surface area contributed by atoms with E-state index in [4.69, 9.17) is 9.47 Å². The third-order valence-electron chi connectivity index (χ3n) is 5.50. The minimum atomic E-state index is -3.90. The Bertz CT molecular complexity index is 972. The number of methoxy groups -OCH3 is 2. The minimum Gasteiger partial charge on any atom is -0.493 e. The van der Waals surface area contributed by atoms with Crippen LogP contribution in [0.25, 0.3) is 0 Å². The van der Waals surface area contributed by atoms with E-state index in [9.17, 15) is 12.8 Å². The Morgan fingerprint density at radius 1 is 1.03 bits per heavy atom. The van der Waals surface area contributed by atoms with Crippen LogP contribution in [-0.2, 0) is 10.0 Å². The molecule has 0 atom stereocenters. The summed E-state index contributed by atoms with van der Waals surface area (Å²) in [5.74, 6) is 1.06. The predicted molar refractivity (Wildman–Crippen MR) is 120 cm³/mol. The monoisotopic (exact) mass is 450 g/mol. The first-order valence-corrected chi connectivity index (χ1v) is 11.9. The minimum absolute atomic E-state index is 0.0632. The number of hydrogen-bond acceptors (Lipinski definition) is 5. The maximum Gasteiger partial charge on any atom is 0.264 e. The summed E-state index contributed by atoms with van der Waals surface area (Å²) in [5.41, 5.74) is 0.504. The van der Waals surface area contributed by atoms with Gasteiger partial charge in [-0.25, -0.2) is 12.8 Å². The number of hydrogen-bond donors (Lipinski definition) is 0. The lowest BCUT2D eigenvalue weighted by molar-refractivity contribution is 0.194. The van der Waals surface area contributed by atoms with E-state index in [-0.39, 0.29) is 10.9 Å². The highest BCUT2D eigenvalue weighted by Crippen LogP contribution is 2.36. The summed E-state index contributed by atoms with van der Waals surface area (Å²) in [5, 5.41) is 0. The SMILES string of the molecule is COc1ccc(N(C2CCN(CC(C)C)CC2)S(=O)(=O)c2ccc(F)cc2)cc1OC. The topological polar surface area (TPSA) is 59.1 Å². The van der Waals surface area contributed by atoms with Crippen LogP contribution in [0.4, 0.5) is 10.1 Å². The van der Waals surface area contributed by atoms with Gasteiger partial charge in [-0.05, 0) is 55.2 Å². The van der Waals surface area contributed by atoms with Crippen LogP contribution in [0.5, 0.6) is 11.5 Å². The van der Waals surface area contributed by atoms with Crippen molar-refractivity contribution in [3.05, 3.63) is 48.3 Å². The highest BCUT2D eigenvalue weighted by molar-refractivity contribution is 7.92. The molecule has 0 bridgehead atoms. The molecule has 0 aliphatic carbocycles. The van der Waals surface area contributed by atoms with Crippen molar-refractivity contribution in [3.63, 3.8) is 0 Å². The first kappa shape index (κ1) is 23.3. The van der Waals surface area contributed by atoms with Crippen molar-refractivity contribution < 1.29 is 22.3 Å². The molecule has 6 nitrogen and oxygen atoms in total. The standard InChI is InChI=1S/C23H31FN2O4S/c1-17(2)16-25-13-11-19(12-14-25)26(20-7-10-22(29-3)23(15-20)30-4)31(27,28)21-8-5-18(24)6-9-21/h5-10,15,17,19H,11-14,16H2,1-4H3. The summed E-state index contributed by atoms with van der Waals surface area (Å²) < 4.78 is 53.0. The van der Waals surface area contributed by atoms with Crippen LogP contribution >= 0.6 is 0 Å². The summed E-state index contributed by atoms with van der Waals surface area (Å²) >= 11 is 0. The lowest BCUT2D eigenvalue weighted by atomic mass is 10.0. The maximum absolute atomic E-state index is 13.7. The van der Waals surface area contributed by atoms with E-state index in [1.165, 1.54) is 42.8 Å². The molecule has 170 valence electrons. The summed E-state index contributed by atoms with van der Waals surface area (Å²) in [6.45, 7) is 7.01. The van der Waals surface area contributed by atoms with Crippen LogP contribution in [0.15, 0.2) is 47.4 Å². The Morgan fingerprint density at radius 2 is 1.65 bits per heavy atom. The average molecular weight is 451 g/mol. The second-order valence-electron chi connectivity index (χ2n) is 8.22. The highest BCUT2D eigenvalue weighted by atomic mass is 32.2. The van der Waals surface area contributed by atoms with E-state index in [2.05, 4.69) is 18.7 Å². The number of benzene rings is 2. The number of anilines is 1. The zero-order valence-electron chi connectivity index (χ0n) is 18.5.